The van der Waals surface area contributed by atoms with Crippen molar-refractivity contribution < 1.29 is 26.4 Å². The van der Waals surface area contributed by atoms with E-state index < -0.39 is 20.0 Å². The lowest BCUT2D eigenvalue weighted by molar-refractivity contribution is -0.117. The van der Waals surface area contributed by atoms with Crippen molar-refractivity contribution in [1.29, 1.82) is 0 Å². The number of anilines is 1. The zero-order valence-corrected chi connectivity index (χ0v) is 21.4. The summed E-state index contributed by atoms with van der Waals surface area (Å²) < 4.78 is 60.4. The van der Waals surface area contributed by atoms with Gasteiger partial charge in [0.1, 0.15) is 12.4 Å². The number of ether oxygens (including phenoxy) is 1. The van der Waals surface area contributed by atoms with Crippen molar-refractivity contribution in [1.82, 2.24) is 9.03 Å². The molecular formula is C24H31N3O6S2. The van der Waals surface area contributed by atoms with Crippen LogP contribution >= 0.6 is 0 Å². The van der Waals surface area contributed by atoms with E-state index in [2.05, 4.69) is 4.72 Å². The molecule has 11 heteroatoms. The Kier molecular flexibility index (Phi) is 7.80. The number of aryl methyl sites for hydroxylation is 1. The molecule has 2 aromatic rings. The average molecular weight is 522 g/mol. The van der Waals surface area contributed by atoms with Crippen LogP contribution in [0.15, 0.2) is 52.3 Å². The largest absolute Gasteiger partial charge is 0.492 e. The van der Waals surface area contributed by atoms with E-state index >= 15 is 0 Å². The van der Waals surface area contributed by atoms with Crippen LogP contribution < -0.4 is 14.4 Å². The molecule has 0 radical (unpaired) electrons. The number of rotatable bonds is 9. The Labute approximate surface area is 207 Å². The third-order valence-electron chi connectivity index (χ3n) is 6.28. The second-order valence-corrected chi connectivity index (χ2v) is 12.5. The third-order valence-corrected chi connectivity index (χ3v) is 9.65. The lowest BCUT2D eigenvalue weighted by Gasteiger charge is -2.25. The minimum absolute atomic E-state index is 0.0432. The first-order chi connectivity index (χ1) is 16.7. The van der Waals surface area contributed by atoms with Crippen LogP contribution in [0.5, 0.6) is 5.75 Å². The van der Waals surface area contributed by atoms with E-state index in [1.165, 1.54) is 22.5 Å². The molecule has 0 unspecified atom stereocenters. The number of nitrogens with zero attached hydrogens (tertiary/aromatic N) is 2. The molecule has 190 valence electrons. The van der Waals surface area contributed by atoms with Gasteiger partial charge in [0, 0.05) is 38.3 Å². The zero-order valence-electron chi connectivity index (χ0n) is 19.8. The first kappa shape index (κ1) is 25.6. The van der Waals surface area contributed by atoms with Crippen LogP contribution in [-0.4, -0.2) is 59.8 Å². The van der Waals surface area contributed by atoms with Gasteiger partial charge in [-0.3, -0.25) is 4.79 Å². The molecule has 2 aliphatic rings. The van der Waals surface area contributed by atoms with Gasteiger partial charge in [-0.05, 0) is 74.2 Å². The van der Waals surface area contributed by atoms with Crippen LogP contribution in [0.4, 0.5) is 5.69 Å². The molecule has 2 heterocycles. The summed E-state index contributed by atoms with van der Waals surface area (Å²) in [4.78, 5) is 14.0. The first-order valence-corrected chi connectivity index (χ1v) is 14.7. The molecule has 0 saturated carbocycles. The number of sulfonamides is 2. The number of amides is 1. The monoisotopic (exact) mass is 521 g/mol. The van der Waals surface area contributed by atoms with Gasteiger partial charge >= 0.3 is 0 Å². The second-order valence-electron chi connectivity index (χ2n) is 8.78. The van der Waals surface area contributed by atoms with E-state index in [4.69, 9.17) is 4.74 Å². The number of benzene rings is 2. The number of carbonyl (C=O) groups excluding carboxylic acids is 1. The fraction of sp³-hybridized carbons (Fsp3) is 0.458. The van der Waals surface area contributed by atoms with Crippen LogP contribution in [0.3, 0.4) is 0 Å². The van der Waals surface area contributed by atoms with Crippen molar-refractivity contribution in [2.75, 3.05) is 37.7 Å². The quantitative estimate of drug-likeness (QED) is 0.508. The van der Waals surface area contributed by atoms with Crippen LogP contribution in [0.2, 0.25) is 0 Å². The van der Waals surface area contributed by atoms with Gasteiger partial charge in [0.15, 0.2) is 0 Å². The predicted octanol–water partition coefficient (Wildman–Crippen LogP) is 2.65. The Hall–Kier alpha value is -2.47. The molecule has 0 spiro atoms. The van der Waals surface area contributed by atoms with Crippen LogP contribution in [0.1, 0.15) is 37.7 Å². The Bertz CT molecular complexity index is 1270. The van der Waals surface area contributed by atoms with Crippen LogP contribution in [0, 0.1) is 6.92 Å². The lowest BCUT2D eigenvalue weighted by atomic mass is 10.2. The number of hydrogen-bond donors (Lipinski definition) is 1. The Morgan fingerprint density at radius 2 is 1.57 bits per heavy atom. The molecular weight excluding hydrogens is 490 g/mol. The van der Waals surface area contributed by atoms with Crippen molar-refractivity contribution in [2.24, 2.45) is 0 Å². The first-order valence-electron chi connectivity index (χ1n) is 11.8. The minimum atomic E-state index is -3.75. The molecule has 9 nitrogen and oxygen atoms in total. The Morgan fingerprint density at radius 1 is 0.886 bits per heavy atom. The van der Waals surface area contributed by atoms with E-state index in [1.807, 2.05) is 0 Å². The van der Waals surface area contributed by atoms with E-state index in [-0.39, 0.29) is 28.8 Å². The van der Waals surface area contributed by atoms with Crippen molar-refractivity contribution in [3.63, 3.8) is 0 Å². The number of piperidine rings is 1. The normalized spacial score (nSPS) is 17.6. The highest BCUT2D eigenvalue weighted by molar-refractivity contribution is 7.89. The lowest BCUT2D eigenvalue weighted by Crippen LogP contribution is -2.35. The van der Waals surface area contributed by atoms with Crippen molar-refractivity contribution in [3.8, 4) is 5.75 Å². The molecule has 2 aliphatic heterocycles. The molecule has 2 saturated heterocycles. The maximum Gasteiger partial charge on any atom is 0.243 e. The number of carbonyl (C=O) groups is 1. The molecule has 35 heavy (non-hydrogen) atoms. The maximum absolute atomic E-state index is 12.7. The summed E-state index contributed by atoms with van der Waals surface area (Å²) in [5, 5.41) is 0. The molecule has 0 bridgehead atoms. The summed E-state index contributed by atoms with van der Waals surface area (Å²) >= 11 is 0. The van der Waals surface area contributed by atoms with E-state index in [0.29, 0.717) is 31.8 Å². The predicted molar refractivity (Wildman–Crippen MR) is 133 cm³/mol. The van der Waals surface area contributed by atoms with Gasteiger partial charge < -0.3 is 9.64 Å². The standard InChI is InChI=1S/C24H31N3O6S2/c1-19-18-22(11-12-23(19)27-16-5-6-24(27)28)34(29,30)25-13-17-33-20-7-9-21(10-8-20)35(31,32)26-14-3-2-4-15-26/h7-12,18,25H,2-6,13-17H2,1H3. The summed E-state index contributed by atoms with van der Waals surface area (Å²) in [7, 11) is -7.25. The zero-order chi connectivity index (χ0) is 25.1. The second kappa shape index (κ2) is 10.7. The molecule has 2 aromatic carbocycles. The molecule has 1 amide bonds. The van der Waals surface area contributed by atoms with Gasteiger partial charge in [0.25, 0.3) is 0 Å². The smallest absolute Gasteiger partial charge is 0.243 e. The summed E-state index contributed by atoms with van der Waals surface area (Å²) in [6.07, 6.45) is 4.11. The molecule has 4 rings (SSSR count). The van der Waals surface area contributed by atoms with Gasteiger partial charge in [-0.1, -0.05) is 6.42 Å². The topological polar surface area (TPSA) is 113 Å². The van der Waals surface area contributed by atoms with Crippen molar-refractivity contribution >= 4 is 31.6 Å². The van der Waals surface area contributed by atoms with Gasteiger partial charge in [0.05, 0.1) is 9.79 Å². The van der Waals surface area contributed by atoms with Gasteiger partial charge in [-0.15, -0.1) is 0 Å². The van der Waals surface area contributed by atoms with Gasteiger partial charge in [-0.2, -0.15) is 4.31 Å². The summed E-state index contributed by atoms with van der Waals surface area (Å²) in [5.74, 6) is 0.508. The minimum Gasteiger partial charge on any atom is -0.492 e. The highest BCUT2D eigenvalue weighted by Gasteiger charge is 2.26. The highest BCUT2D eigenvalue weighted by atomic mass is 32.2. The molecule has 1 N–H and O–H groups in total. The molecule has 0 aromatic heterocycles. The summed E-state index contributed by atoms with van der Waals surface area (Å²) in [6, 6.07) is 10.9. The SMILES string of the molecule is Cc1cc(S(=O)(=O)NCCOc2ccc(S(=O)(=O)N3CCCCC3)cc2)ccc1N1CCCC1=O. The Morgan fingerprint density at radius 3 is 2.20 bits per heavy atom. The number of nitrogens with one attached hydrogen (secondary N) is 1. The van der Waals surface area contributed by atoms with Gasteiger partial charge in [-0.25, -0.2) is 21.6 Å². The van der Waals surface area contributed by atoms with E-state index in [1.54, 1.807) is 36.1 Å². The molecule has 0 aliphatic carbocycles. The van der Waals surface area contributed by atoms with E-state index in [9.17, 15) is 21.6 Å². The Balaban J connectivity index is 1.30. The number of hydrogen-bond acceptors (Lipinski definition) is 6. The molecule has 2 fully saturated rings. The summed E-state index contributed by atoms with van der Waals surface area (Å²) in [6.45, 7) is 3.64. The van der Waals surface area contributed by atoms with Crippen LogP contribution in [0.25, 0.3) is 0 Å². The highest BCUT2D eigenvalue weighted by Crippen LogP contribution is 2.27. The summed E-state index contributed by atoms with van der Waals surface area (Å²) in [5.41, 5.74) is 1.46. The van der Waals surface area contributed by atoms with Gasteiger partial charge in [0.2, 0.25) is 26.0 Å². The maximum atomic E-state index is 12.7. The van der Waals surface area contributed by atoms with E-state index in [0.717, 1.165) is 36.9 Å². The fourth-order valence-electron chi connectivity index (χ4n) is 4.39. The van der Waals surface area contributed by atoms with Crippen molar-refractivity contribution in [3.05, 3.63) is 48.0 Å². The molecule has 0 atom stereocenters. The fourth-order valence-corrected chi connectivity index (χ4v) is 7.01. The van der Waals surface area contributed by atoms with Crippen LogP contribution in [-0.2, 0) is 24.8 Å². The van der Waals surface area contributed by atoms with Crippen molar-refractivity contribution in [2.45, 2.75) is 48.8 Å². The third kappa shape index (κ3) is 5.85. The average Bonchev–Trinajstić information content (AvgIpc) is 3.28.